The van der Waals surface area contributed by atoms with Crippen LogP contribution in [-0.4, -0.2) is 36.6 Å². The Morgan fingerprint density at radius 1 is 1.06 bits per heavy atom. The summed E-state index contributed by atoms with van der Waals surface area (Å²) in [6.45, 7) is 6.19. The molecule has 1 heterocycles. The third kappa shape index (κ3) is 2.60. The number of likely N-dealkylation sites (tertiary alicyclic amines) is 1. The fourth-order valence-electron chi connectivity index (χ4n) is 3.73. The van der Waals surface area contributed by atoms with E-state index >= 15 is 0 Å². The van der Waals surface area contributed by atoms with Gasteiger partial charge in [0, 0.05) is 24.7 Å². The second-order valence-corrected chi connectivity index (χ2v) is 5.93. The lowest BCUT2D eigenvalue weighted by atomic mass is 9.82. The molecule has 1 saturated heterocycles. The summed E-state index contributed by atoms with van der Waals surface area (Å²) in [4.78, 5) is 2.80. The highest BCUT2D eigenvalue weighted by Gasteiger charge is 2.33. The minimum absolute atomic E-state index is 0.755. The predicted molar refractivity (Wildman–Crippen MR) is 69.7 cm³/mol. The first-order valence-electron chi connectivity index (χ1n) is 7.15. The van der Waals surface area contributed by atoms with E-state index in [1.807, 2.05) is 0 Å². The van der Waals surface area contributed by atoms with Crippen molar-refractivity contribution in [3.63, 3.8) is 0 Å². The zero-order valence-corrected chi connectivity index (χ0v) is 11.2. The van der Waals surface area contributed by atoms with E-state index in [2.05, 4.69) is 31.1 Å². The molecule has 2 rings (SSSR count). The van der Waals surface area contributed by atoms with Crippen LogP contribution in [0, 0.1) is 5.92 Å². The standard InChI is InChI=1S/C14H28N2/c1-11-6-4-5-7-14(11)16-9-8-13(15-3)10-12(16)2/h11-15H,4-10H2,1-3H3. The third-order valence-corrected chi connectivity index (χ3v) is 4.83. The van der Waals surface area contributed by atoms with E-state index in [4.69, 9.17) is 0 Å². The largest absolute Gasteiger partial charge is 0.317 e. The van der Waals surface area contributed by atoms with Gasteiger partial charge in [-0.2, -0.15) is 0 Å². The normalized spacial score (nSPS) is 42.2. The van der Waals surface area contributed by atoms with Crippen molar-refractivity contribution in [3.8, 4) is 0 Å². The highest BCUT2D eigenvalue weighted by molar-refractivity contribution is 4.89. The van der Waals surface area contributed by atoms with Crippen LogP contribution in [0.25, 0.3) is 0 Å². The lowest BCUT2D eigenvalue weighted by molar-refractivity contribution is 0.0418. The number of hydrogen-bond donors (Lipinski definition) is 1. The molecule has 2 fully saturated rings. The quantitative estimate of drug-likeness (QED) is 0.776. The van der Waals surface area contributed by atoms with Crippen molar-refractivity contribution >= 4 is 0 Å². The van der Waals surface area contributed by atoms with Gasteiger partial charge in [0.1, 0.15) is 0 Å². The van der Waals surface area contributed by atoms with Crippen LogP contribution in [0.15, 0.2) is 0 Å². The average Bonchev–Trinajstić information content (AvgIpc) is 2.30. The Kier molecular flexibility index (Phi) is 4.26. The van der Waals surface area contributed by atoms with Crippen LogP contribution in [0.3, 0.4) is 0 Å². The van der Waals surface area contributed by atoms with E-state index in [0.717, 1.165) is 24.0 Å². The lowest BCUT2D eigenvalue weighted by Gasteiger charge is -2.46. The Labute approximate surface area is 101 Å². The SMILES string of the molecule is CNC1CCN(C2CCCCC2C)C(C)C1. The van der Waals surface area contributed by atoms with E-state index < -0.39 is 0 Å². The molecule has 0 bridgehead atoms. The minimum atomic E-state index is 0.755. The van der Waals surface area contributed by atoms with Gasteiger partial charge in [-0.1, -0.05) is 19.8 Å². The molecule has 0 aromatic heterocycles. The lowest BCUT2D eigenvalue weighted by Crippen LogP contribution is -2.53. The summed E-state index contributed by atoms with van der Waals surface area (Å²) in [5.74, 6) is 0.919. The predicted octanol–water partition coefficient (Wildman–Crippen LogP) is 2.64. The molecule has 1 N–H and O–H groups in total. The summed E-state index contributed by atoms with van der Waals surface area (Å²) in [6.07, 6.45) is 8.47. The molecular weight excluding hydrogens is 196 g/mol. The maximum absolute atomic E-state index is 3.44. The summed E-state index contributed by atoms with van der Waals surface area (Å²) < 4.78 is 0. The van der Waals surface area contributed by atoms with E-state index in [1.165, 1.54) is 45.1 Å². The molecule has 2 aliphatic rings. The monoisotopic (exact) mass is 224 g/mol. The van der Waals surface area contributed by atoms with Crippen LogP contribution in [0.1, 0.15) is 52.4 Å². The van der Waals surface area contributed by atoms with Gasteiger partial charge in [0.2, 0.25) is 0 Å². The number of piperidine rings is 1. The van der Waals surface area contributed by atoms with Crippen molar-refractivity contribution in [2.24, 2.45) is 5.92 Å². The van der Waals surface area contributed by atoms with Crippen molar-refractivity contribution in [3.05, 3.63) is 0 Å². The molecule has 2 nitrogen and oxygen atoms in total. The second-order valence-electron chi connectivity index (χ2n) is 5.93. The van der Waals surface area contributed by atoms with Gasteiger partial charge in [-0.05, 0) is 45.6 Å². The smallest absolute Gasteiger partial charge is 0.0124 e. The Morgan fingerprint density at radius 3 is 2.44 bits per heavy atom. The molecule has 4 atom stereocenters. The van der Waals surface area contributed by atoms with Crippen LogP contribution in [0.5, 0.6) is 0 Å². The van der Waals surface area contributed by atoms with E-state index in [-0.39, 0.29) is 0 Å². The molecule has 0 amide bonds. The molecule has 0 aromatic rings. The maximum Gasteiger partial charge on any atom is 0.0124 e. The zero-order chi connectivity index (χ0) is 11.5. The number of nitrogens with zero attached hydrogens (tertiary/aromatic N) is 1. The van der Waals surface area contributed by atoms with Crippen LogP contribution < -0.4 is 5.32 Å². The summed E-state index contributed by atoms with van der Waals surface area (Å²) in [7, 11) is 2.11. The first-order chi connectivity index (χ1) is 7.72. The molecule has 94 valence electrons. The Bertz CT molecular complexity index is 217. The van der Waals surface area contributed by atoms with Crippen molar-refractivity contribution in [2.75, 3.05) is 13.6 Å². The highest BCUT2D eigenvalue weighted by atomic mass is 15.2. The van der Waals surface area contributed by atoms with Crippen LogP contribution in [-0.2, 0) is 0 Å². The molecule has 4 unspecified atom stereocenters. The molecule has 16 heavy (non-hydrogen) atoms. The van der Waals surface area contributed by atoms with Gasteiger partial charge >= 0.3 is 0 Å². The molecule has 0 radical (unpaired) electrons. The van der Waals surface area contributed by atoms with Gasteiger partial charge in [0.05, 0.1) is 0 Å². The van der Waals surface area contributed by atoms with Crippen molar-refractivity contribution in [1.82, 2.24) is 10.2 Å². The van der Waals surface area contributed by atoms with Gasteiger partial charge in [-0.3, -0.25) is 4.90 Å². The summed E-state index contributed by atoms with van der Waals surface area (Å²) in [6, 6.07) is 2.41. The Hall–Kier alpha value is -0.0800. The minimum Gasteiger partial charge on any atom is -0.317 e. The number of hydrogen-bond acceptors (Lipinski definition) is 2. The van der Waals surface area contributed by atoms with Gasteiger partial charge in [0.15, 0.2) is 0 Å². The molecule has 2 heteroatoms. The van der Waals surface area contributed by atoms with Gasteiger partial charge in [0.25, 0.3) is 0 Å². The van der Waals surface area contributed by atoms with Gasteiger partial charge in [-0.15, -0.1) is 0 Å². The summed E-state index contributed by atoms with van der Waals surface area (Å²) in [5, 5.41) is 3.44. The molecule has 1 aliphatic heterocycles. The second kappa shape index (κ2) is 5.50. The van der Waals surface area contributed by atoms with Crippen LogP contribution in [0.2, 0.25) is 0 Å². The zero-order valence-electron chi connectivity index (χ0n) is 11.2. The third-order valence-electron chi connectivity index (χ3n) is 4.83. The molecule has 1 saturated carbocycles. The fourth-order valence-corrected chi connectivity index (χ4v) is 3.73. The molecular formula is C14H28N2. The molecule has 0 spiro atoms. The first kappa shape index (κ1) is 12.4. The van der Waals surface area contributed by atoms with Crippen molar-refractivity contribution < 1.29 is 0 Å². The molecule has 0 aromatic carbocycles. The van der Waals surface area contributed by atoms with Crippen molar-refractivity contribution in [1.29, 1.82) is 0 Å². The van der Waals surface area contributed by atoms with E-state index in [1.54, 1.807) is 0 Å². The van der Waals surface area contributed by atoms with E-state index in [0.29, 0.717) is 0 Å². The summed E-state index contributed by atoms with van der Waals surface area (Å²) in [5.41, 5.74) is 0. The Morgan fingerprint density at radius 2 is 1.81 bits per heavy atom. The van der Waals surface area contributed by atoms with Gasteiger partial charge < -0.3 is 5.32 Å². The maximum atomic E-state index is 3.44. The topological polar surface area (TPSA) is 15.3 Å². The van der Waals surface area contributed by atoms with Gasteiger partial charge in [-0.25, -0.2) is 0 Å². The summed E-state index contributed by atoms with van der Waals surface area (Å²) >= 11 is 0. The average molecular weight is 224 g/mol. The highest BCUT2D eigenvalue weighted by Crippen LogP contribution is 2.32. The van der Waals surface area contributed by atoms with Crippen molar-refractivity contribution in [2.45, 2.75) is 70.5 Å². The van der Waals surface area contributed by atoms with Crippen LogP contribution in [0.4, 0.5) is 0 Å². The van der Waals surface area contributed by atoms with Crippen LogP contribution >= 0.6 is 0 Å². The number of rotatable bonds is 2. The number of nitrogens with one attached hydrogen (secondary N) is 1. The molecule has 1 aliphatic carbocycles. The fraction of sp³-hybridized carbons (Fsp3) is 1.00. The first-order valence-corrected chi connectivity index (χ1v) is 7.15. The van der Waals surface area contributed by atoms with E-state index in [9.17, 15) is 0 Å². The Balaban J connectivity index is 1.93.